The van der Waals surface area contributed by atoms with Crippen molar-refractivity contribution in [2.45, 2.75) is 19.8 Å². The van der Waals surface area contributed by atoms with Crippen molar-refractivity contribution in [3.63, 3.8) is 0 Å². The van der Waals surface area contributed by atoms with Crippen LogP contribution in [-0.2, 0) is 9.59 Å². The van der Waals surface area contributed by atoms with Gasteiger partial charge in [-0.2, -0.15) is 0 Å². The summed E-state index contributed by atoms with van der Waals surface area (Å²) in [4.78, 5) is 24.4. The lowest BCUT2D eigenvalue weighted by atomic mass is 9.82. The van der Waals surface area contributed by atoms with E-state index in [9.17, 15) is 14.7 Å². The number of carbonyl (C=O) groups excluding carboxylic acids is 1. The first-order valence-corrected chi connectivity index (χ1v) is 7.82. The summed E-state index contributed by atoms with van der Waals surface area (Å²) in [5.41, 5.74) is 1.93. The van der Waals surface area contributed by atoms with Crippen LogP contribution in [0.15, 0.2) is 36.4 Å². The lowest BCUT2D eigenvalue weighted by Gasteiger charge is -2.23. The number of aryl methyl sites for hydroxylation is 1. The Morgan fingerprint density at radius 3 is 2.23 bits per heavy atom. The number of anilines is 1. The molecule has 114 valence electrons. The number of allylic oxidation sites excluding steroid dienone is 2. The van der Waals surface area contributed by atoms with Crippen molar-refractivity contribution in [1.29, 1.82) is 0 Å². The number of hydrogen-bond donors (Lipinski definition) is 2. The minimum absolute atomic E-state index is 0.0313. The third-order valence-corrected chi connectivity index (χ3v) is 5.75. The van der Waals surface area contributed by atoms with Gasteiger partial charge in [0.15, 0.2) is 0 Å². The highest BCUT2D eigenvalue weighted by molar-refractivity contribution is 5.96. The van der Waals surface area contributed by atoms with Crippen molar-refractivity contribution < 1.29 is 14.7 Å². The second-order valence-corrected chi connectivity index (χ2v) is 6.91. The molecular formula is C18H19NO3. The van der Waals surface area contributed by atoms with Gasteiger partial charge in [-0.15, -0.1) is 0 Å². The maximum Gasteiger partial charge on any atom is 0.307 e. The van der Waals surface area contributed by atoms with E-state index in [0.717, 1.165) is 24.1 Å². The quantitative estimate of drug-likeness (QED) is 0.843. The van der Waals surface area contributed by atoms with Crippen molar-refractivity contribution in [3.05, 3.63) is 42.0 Å². The molecule has 2 saturated carbocycles. The maximum atomic E-state index is 12.7. The van der Waals surface area contributed by atoms with E-state index >= 15 is 0 Å². The van der Waals surface area contributed by atoms with Crippen molar-refractivity contribution in [2.24, 2.45) is 29.1 Å². The third-order valence-electron chi connectivity index (χ3n) is 5.75. The van der Waals surface area contributed by atoms with Gasteiger partial charge in [0.1, 0.15) is 0 Å². The lowest BCUT2D eigenvalue weighted by Crippen LogP contribution is -2.36. The van der Waals surface area contributed by atoms with Crippen LogP contribution in [0.2, 0.25) is 0 Å². The van der Waals surface area contributed by atoms with Crippen LogP contribution in [0.4, 0.5) is 5.69 Å². The predicted octanol–water partition coefficient (Wildman–Crippen LogP) is 2.85. The van der Waals surface area contributed by atoms with Crippen LogP contribution in [0, 0.1) is 36.0 Å². The van der Waals surface area contributed by atoms with Gasteiger partial charge >= 0.3 is 5.97 Å². The summed E-state index contributed by atoms with van der Waals surface area (Å²) in [6.07, 6.45) is 6.21. The van der Waals surface area contributed by atoms with Crippen LogP contribution in [0.1, 0.15) is 18.4 Å². The molecule has 3 aliphatic rings. The van der Waals surface area contributed by atoms with Gasteiger partial charge in [-0.3, -0.25) is 9.59 Å². The average Bonchev–Trinajstić information content (AvgIpc) is 3.15. The average molecular weight is 297 g/mol. The van der Waals surface area contributed by atoms with Crippen molar-refractivity contribution >= 4 is 17.6 Å². The number of aliphatic carboxylic acids is 1. The first kappa shape index (κ1) is 13.6. The number of carbonyl (C=O) groups is 2. The summed E-state index contributed by atoms with van der Waals surface area (Å²) >= 11 is 0. The highest BCUT2D eigenvalue weighted by Gasteiger charge is 2.70. The Morgan fingerprint density at radius 1 is 1.09 bits per heavy atom. The Bertz CT molecular complexity index is 672. The van der Waals surface area contributed by atoms with Crippen LogP contribution in [-0.4, -0.2) is 17.0 Å². The molecule has 2 fully saturated rings. The van der Waals surface area contributed by atoms with E-state index in [0.29, 0.717) is 0 Å². The molecule has 3 aliphatic carbocycles. The van der Waals surface area contributed by atoms with Gasteiger partial charge in [0.25, 0.3) is 0 Å². The third kappa shape index (κ3) is 1.76. The molecule has 1 spiro atoms. The summed E-state index contributed by atoms with van der Waals surface area (Å²) in [5, 5.41) is 12.5. The second-order valence-electron chi connectivity index (χ2n) is 6.91. The molecule has 2 bridgehead atoms. The fourth-order valence-electron chi connectivity index (χ4n) is 4.55. The van der Waals surface area contributed by atoms with Gasteiger partial charge in [-0.1, -0.05) is 29.8 Å². The zero-order chi connectivity index (χ0) is 15.5. The lowest BCUT2D eigenvalue weighted by molar-refractivity contribution is -0.146. The van der Waals surface area contributed by atoms with E-state index in [1.165, 1.54) is 0 Å². The summed E-state index contributed by atoms with van der Waals surface area (Å²) in [7, 11) is 0. The highest BCUT2D eigenvalue weighted by Crippen LogP contribution is 2.72. The number of nitrogens with one attached hydrogen (secondary N) is 1. The SMILES string of the molecule is Cc1ccc(NC(=O)[C@H]2[C@@H](C(=O)O)[C@H]3C=C[C@@H]2C32CC2)cc1. The van der Waals surface area contributed by atoms with Gasteiger partial charge in [0.2, 0.25) is 5.91 Å². The van der Waals surface area contributed by atoms with E-state index in [4.69, 9.17) is 0 Å². The molecule has 0 unspecified atom stereocenters. The van der Waals surface area contributed by atoms with E-state index in [-0.39, 0.29) is 23.2 Å². The Labute approximate surface area is 129 Å². The molecule has 1 aromatic carbocycles. The molecule has 0 aliphatic heterocycles. The van der Waals surface area contributed by atoms with Gasteiger partial charge in [-0.05, 0) is 49.1 Å². The molecule has 0 aromatic heterocycles. The van der Waals surface area contributed by atoms with Crippen LogP contribution < -0.4 is 5.32 Å². The van der Waals surface area contributed by atoms with Crippen LogP contribution in [0.5, 0.6) is 0 Å². The fourth-order valence-corrected chi connectivity index (χ4v) is 4.55. The molecule has 1 amide bonds. The van der Waals surface area contributed by atoms with E-state index in [1.54, 1.807) is 0 Å². The summed E-state index contributed by atoms with van der Waals surface area (Å²) in [6, 6.07) is 7.60. The van der Waals surface area contributed by atoms with Crippen molar-refractivity contribution in [2.75, 3.05) is 5.32 Å². The summed E-state index contributed by atoms with van der Waals surface area (Å²) < 4.78 is 0. The zero-order valence-corrected chi connectivity index (χ0v) is 12.5. The van der Waals surface area contributed by atoms with Crippen molar-refractivity contribution in [1.82, 2.24) is 0 Å². The van der Waals surface area contributed by atoms with E-state index in [2.05, 4.69) is 11.4 Å². The van der Waals surface area contributed by atoms with Gasteiger partial charge in [0, 0.05) is 5.69 Å². The number of carboxylic acids is 1. The Hall–Kier alpha value is -2.10. The van der Waals surface area contributed by atoms with E-state index < -0.39 is 17.8 Å². The number of hydrogen-bond acceptors (Lipinski definition) is 2. The monoisotopic (exact) mass is 297 g/mol. The summed E-state index contributed by atoms with van der Waals surface area (Å²) in [5.74, 6) is -1.90. The molecule has 4 heteroatoms. The molecule has 2 N–H and O–H groups in total. The highest BCUT2D eigenvalue weighted by atomic mass is 16.4. The molecular weight excluding hydrogens is 278 g/mol. The number of amides is 1. The van der Waals surface area contributed by atoms with Crippen molar-refractivity contribution in [3.8, 4) is 0 Å². The Kier molecular flexibility index (Phi) is 2.74. The smallest absolute Gasteiger partial charge is 0.307 e. The fraction of sp³-hybridized carbons (Fsp3) is 0.444. The molecule has 22 heavy (non-hydrogen) atoms. The molecule has 4 nitrogen and oxygen atoms in total. The molecule has 0 heterocycles. The Morgan fingerprint density at radius 2 is 1.68 bits per heavy atom. The first-order valence-electron chi connectivity index (χ1n) is 7.82. The zero-order valence-electron chi connectivity index (χ0n) is 12.5. The number of carboxylic acid groups (broad SMARTS) is 1. The normalized spacial score (nSPS) is 33.1. The topological polar surface area (TPSA) is 66.4 Å². The van der Waals surface area contributed by atoms with Gasteiger partial charge < -0.3 is 10.4 Å². The van der Waals surface area contributed by atoms with Crippen LogP contribution in [0.25, 0.3) is 0 Å². The molecule has 4 rings (SSSR count). The number of benzene rings is 1. The maximum absolute atomic E-state index is 12.7. The van der Waals surface area contributed by atoms with Crippen LogP contribution in [0.3, 0.4) is 0 Å². The Balaban J connectivity index is 1.60. The van der Waals surface area contributed by atoms with Crippen LogP contribution >= 0.6 is 0 Å². The summed E-state index contributed by atoms with van der Waals surface area (Å²) in [6.45, 7) is 1.99. The second kappa shape index (κ2) is 4.45. The van der Waals surface area contributed by atoms with Gasteiger partial charge in [0.05, 0.1) is 11.8 Å². The van der Waals surface area contributed by atoms with Gasteiger partial charge in [-0.25, -0.2) is 0 Å². The molecule has 0 saturated heterocycles. The molecule has 4 atom stereocenters. The molecule has 1 aromatic rings. The minimum atomic E-state index is -0.841. The standard InChI is InChI=1S/C18H19NO3/c1-10-2-4-11(5-3-10)19-16(20)14-12-6-7-13(15(14)17(21)22)18(12)8-9-18/h2-7,12-15H,8-9H2,1H3,(H,19,20)(H,21,22)/t12-,13+,14+,15-/m0/s1. The minimum Gasteiger partial charge on any atom is -0.481 e. The van der Waals surface area contributed by atoms with E-state index in [1.807, 2.05) is 37.3 Å². The largest absolute Gasteiger partial charge is 0.481 e. The predicted molar refractivity (Wildman–Crippen MR) is 82.2 cm³/mol. The number of rotatable bonds is 3. The first-order chi connectivity index (χ1) is 10.5. The molecule has 0 radical (unpaired) electrons.